The molecule has 0 N–H and O–H groups in total. The number of rotatable bonds is 2. The van der Waals surface area contributed by atoms with Crippen molar-refractivity contribution in [1.29, 1.82) is 0 Å². The molecule has 1 aromatic carbocycles. The molecule has 0 heterocycles. The molecular weight excluding hydrogens is 258 g/mol. The molecule has 1 aromatic rings. The smallest absolute Gasteiger partial charge is 0.406 e. The van der Waals surface area contributed by atoms with E-state index >= 15 is 0 Å². The van der Waals surface area contributed by atoms with Gasteiger partial charge in [0, 0.05) is 0 Å². The minimum Gasteiger partial charge on any atom is -0.406 e. The third-order valence-electron chi connectivity index (χ3n) is 2.86. The molecule has 4 radical (unpaired) electrons. The third-order valence-corrected chi connectivity index (χ3v) is 2.86. The Kier molecular flexibility index (Phi) is 3.99. The molecule has 0 bridgehead atoms. The zero-order valence-electron chi connectivity index (χ0n) is 10.8. The first-order valence-electron chi connectivity index (χ1n) is 5.48. The molecule has 1 rings (SSSR count). The molecule has 0 aliphatic rings. The highest BCUT2D eigenvalue weighted by molar-refractivity contribution is 6.40. The highest BCUT2D eigenvalue weighted by Crippen LogP contribution is 2.39. The van der Waals surface area contributed by atoms with Crippen molar-refractivity contribution in [3.05, 3.63) is 29.6 Å². The number of ether oxygens (including phenoxy) is 1. The Labute approximate surface area is 112 Å². The van der Waals surface area contributed by atoms with Gasteiger partial charge in [0.25, 0.3) is 0 Å². The standard InChI is InChI=1S/C12H12B2F4O/c1-10(2,3)11(13,14)8-6-7(4-5-9(8)15)19-12(16,17)18/h4-6H,1-3H3. The van der Waals surface area contributed by atoms with Crippen molar-refractivity contribution in [3.63, 3.8) is 0 Å². The van der Waals surface area contributed by atoms with Gasteiger partial charge in [0.1, 0.15) is 11.6 Å². The first-order valence-corrected chi connectivity index (χ1v) is 5.48. The molecule has 0 spiro atoms. The molecule has 100 valence electrons. The normalized spacial score (nSPS) is 13.4. The Balaban J connectivity index is 3.25. The largest absolute Gasteiger partial charge is 0.573 e. The molecule has 0 amide bonds. The first kappa shape index (κ1) is 15.9. The van der Waals surface area contributed by atoms with E-state index in [0.717, 1.165) is 18.2 Å². The highest BCUT2D eigenvalue weighted by Gasteiger charge is 2.37. The summed E-state index contributed by atoms with van der Waals surface area (Å²) in [5, 5.41) is -1.64. The molecule has 0 atom stereocenters. The van der Waals surface area contributed by atoms with E-state index in [9.17, 15) is 17.6 Å². The highest BCUT2D eigenvalue weighted by atomic mass is 19.4. The minimum absolute atomic E-state index is 0.234. The fraction of sp³-hybridized carbons (Fsp3) is 0.500. The topological polar surface area (TPSA) is 9.23 Å². The maximum absolute atomic E-state index is 13.7. The van der Waals surface area contributed by atoms with Crippen LogP contribution in [0.25, 0.3) is 0 Å². The van der Waals surface area contributed by atoms with Gasteiger partial charge in [-0.15, -0.1) is 13.2 Å². The first-order chi connectivity index (χ1) is 8.34. The van der Waals surface area contributed by atoms with Gasteiger partial charge in [-0.3, -0.25) is 0 Å². The average molecular weight is 270 g/mol. The predicted molar refractivity (Wildman–Crippen MR) is 65.7 cm³/mol. The fourth-order valence-electron chi connectivity index (χ4n) is 1.42. The SMILES string of the molecule is [B]C([B])(c1cc(OC(F)(F)F)ccc1F)C(C)(C)C. The fourth-order valence-corrected chi connectivity index (χ4v) is 1.42. The second kappa shape index (κ2) is 4.76. The summed E-state index contributed by atoms with van der Waals surface area (Å²) in [6, 6.07) is 2.58. The molecule has 0 saturated heterocycles. The lowest BCUT2D eigenvalue weighted by molar-refractivity contribution is -0.274. The van der Waals surface area contributed by atoms with Crippen LogP contribution >= 0.6 is 0 Å². The molecule has 0 aliphatic carbocycles. The molecule has 7 heteroatoms. The number of hydrogen-bond acceptors (Lipinski definition) is 1. The lowest BCUT2D eigenvalue weighted by Gasteiger charge is -2.41. The van der Waals surface area contributed by atoms with E-state index in [1.807, 2.05) is 0 Å². The lowest BCUT2D eigenvalue weighted by atomic mass is 9.41. The van der Waals surface area contributed by atoms with Gasteiger partial charge >= 0.3 is 6.36 Å². The Hall–Kier alpha value is -1.13. The van der Waals surface area contributed by atoms with Gasteiger partial charge in [0.05, 0.1) is 15.7 Å². The van der Waals surface area contributed by atoms with Crippen LogP contribution in [0.1, 0.15) is 26.3 Å². The molecule has 0 saturated carbocycles. The van der Waals surface area contributed by atoms with Crippen molar-refractivity contribution in [2.75, 3.05) is 0 Å². The van der Waals surface area contributed by atoms with Crippen LogP contribution in [0, 0.1) is 11.2 Å². The van der Waals surface area contributed by atoms with Crippen LogP contribution in [0.5, 0.6) is 5.75 Å². The van der Waals surface area contributed by atoms with E-state index in [-0.39, 0.29) is 5.56 Å². The second-order valence-corrected chi connectivity index (χ2v) is 5.31. The van der Waals surface area contributed by atoms with Gasteiger partial charge in [-0.1, -0.05) is 26.0 Å². The number of hydrogen-bond donors (Lipinski definition) is 0. The molecule has 0 fully saturated rings. The Morgan fingerprint density at radius 3 is 2.00 bits per heavy atom. The summed E-state index contributed by atoms with van der Waals surface area (Å²) in [7, 11) is 11.7. The molecule has 0 aliphatic heterocycles. The zero-order valence-corrected chi connectivity index (χ0v) is 10.8. The number of benzene rings is 1. The molecule has 0 unspecified atom stereocenters. The Morgan fingerprint density at radius 1 is 1.05 bits per heavy atom. The quantitative estimate of drug-likeness (QED) is 0.592. The van der Waals surface area contributed by atoms with Crippen molar-refractivity contribution in [1.82, 2.24) is 0 Å². The van der Waals surface area contributed by atoms with E-state index in [2.05, 4.69) is 4.74 Å². The lowest BCUT2D eigenvalue weighted by Crippen LogP contribution is -2.42. The summed E-state index contributed by atoms with van der Waals surface area (Å²) in [5.41, 5.74) is -0.994. The van der Waals surface area contributed by atoms with Crippen LogP contribution in [-0.2, 0) is 5.21 Å². The van der Waals surface area contributed by atoms with Crippen molar-refractivity contribution in [2.24, 2.45) is 5.41 Å². The van der Waals surface area contributed by atoms with E-state index in [4.69, 9.17) is 15.7 Å². The van der Waals surface area contributed by atoms with Crippen LogP contribution in [-0.4, -0.2) is 22.1 Å². The van der Waals surface area contributed by atoms with Gasteiger partial charge in [-0.2, -0.15) is 0 Å². The summed E-state index contributed by atoms with van der Waals surface area (Å²) >= 11 is 0. The van der Waals surface area contributed by atoms with Crippen molar-refractivity contribution >= 4 is 15.7 Å². The Bertz CT molecular complexity index is 464. The maximum Gasteiger partial charge on any atom is 0.573 e. The van der Waals surface area contributed by atoms with Crippen molar-refractivity contribution in [2.45, 2.75) is 32.3 Å². The van der Waals surface area contributed by atoms with Gasteiger partial charge < -0.3 is 4.74 Å². The number of halogens is 4. The van der Waals surface area contributed by atoms with E-state index in [0.29, 0.717) is 0 Å². The summed E-state index contributed by atoms with van der Waals surface area (Å²) in [5.74, 6) is -1.34. The van der Waals surface area contributed by atoms with E-state index in [1.165, 1.54) is 0 Å². The maximum atomic E-state index is 13.7. The predicted octanol–water partition coefficient (Wildman–Crippen LogP) is 3.26. The number of alkyl halides is 3. The summed E-state index contributed by atoms with van der Waals surface area (Å²) in [6.07, 6.45) is -4.86. The third kappa shape index (κ3) is 3.67. The zero-order chi connectivity index (χ0) is 15.1. The summed E-state index contributed by atoms with van der Waals surface area (Å²) in [6.45, 7) is 4.97. The van der Waals surface area contributed by atoms with Crippen LogP contribution in [0.3, 0.4) is 0 Å². The van der Waals surface area contributed by atoms with E-state index < -0.39 is 28.6 Å². The summed E-state index contributed by atoms with van der Waals surface area (Å²) in [4.78, 5) is 0. The average Bonchev–Trinajstić information content (AvgIpc) is 2.16. The summed E-state index contributed by atoms with van der Waals surface area (Å²) < 4.78 is 53.8. The van der Waals surface area contributed by atoms with Crippen LogP contribution in [0.4, 0.5) is 17.6 Å². The van der Waals surface area contributed by atoms with Gasteiger partial charge in [-0.25, -0.2) is 4.39 Å². The second-order valence-electron chi connectivity index (χ2n) is 5.31. The molecular formula is C12H12B2F4O. The minimum atomic E-state index is -4.86. The molecule has 0 aromatic heterocycles. The van der Waals surface area contributed by atoms with Gasteiger partial charge in [0.15, 0.2) is 0 Å². The van der Waals surface area contributed by atoms with Gasteiger partial charge in [-0.05, 0) is 29.2 Å². The Morgan fingerprint density at radius 2 is 1.58 bits per heavy atom. The molecule has 1 nitrogen and oxygen atoms in total. The molecule has 19 heavy (non-hydrogen) atoms. The van der Waals surface area contributed by atoms with Crippen molar-refractivity contribution < 1.29 is 22.3 Å². The van der Waals surface area contributed by atoms with Crippen LogP contribution in [0.2, 0.25) is 0 Å². The van der Waals surface area contributed by atoms with Crippen molar-refractivity contribution in [3.8, 4) is 5.75 Å². The van der Waals surface area contributed by atoms with Gasteiger partial charge in [0.2, 0.25) is 0 Å². The van der Waals surface area contributed by atoms with Crippen LogP contribution in [0.15, 0.2) is 18.2 Å². The van der Waals surface area contributed by atoms with Crippen LogP contribution < -0.4 is 4.74 Å². The monoisotopic (exact) mass is 270 g/mol. The van der Waals surface area contributed by atoms with E-state index in [1.54, 1.807) is 20.8 Å².